The number of thiophene rings is 2. The summed E-state index contributed by atoms with van der Waals surface area (Å²) in [6.45, 7) is 8.23. The van der Waals surface area contributed by atoms with Crippen LogP contribution in [0.4, 0.5) is 0 Å². The van der Waals surface area contributed by atoms with Crippen molar-refractivity contribution in [3.05, 3.63) is 279 Å². The molecule has 0 radical (unpaired) electrons. The Morgan fingerprint density at radius 3 is 1.31 bits per heavy atom. The van der Waals surface area contributed by atoms with Gasteiger partial charge in [-0.25, -0.2) is 19.0 Å². The van der Waals surface area contributed by atoms with Crippen LogP contribution in [0, 0.1) is 31.4 Å². The Morgan fingerprint density at radius 2 is 0.890 bits per heavy atom. The fourth-order valence-electron chi connectivity index (χ4n) is 9.74. The third-order valence-corrected chi connectivity index (χ3v) is 22.6. The van der Waals surface area contributed by atoms with Gasteiger partial charge < -0.3 is 19.5 Å². The number of methoxy groups -OCH3 is 2. The van der Waals surface area contributed by atoms with E-state index in [4.69, 9.17) is 61.8 Å². The molecule has 6 heterocycles. The van der Waals surface area contributed by atoms with Gasteiger partial charge in [-0.2, -0.15) is 10.2 Å². The number of aryl methyl sites for hydroxylation is 2. The summed E-state index contributed by atoms with van der Waals surface area (Å²) in [5.74, 6) is 1.74. The number of aromatic nitrogens is 6. The zero-order valence-electron chi connectivity index (χ0n) is 50.0. The molecule has 0 saturated carbocycles. The maximum atomic E-state index is 9.15. The van der Waals surface area contributed by atoms with Gasteiger partial charge in [-0.3, -0.25) is 0 Å². The van der Waals surface area contributed by atoms with Gasteiger partial charge in [-0.15, -0.1) is 22.7 Å². The zero-order valence-corrected chi connectivity index (χ0v) is 60.1. The van der Waals surface area contributed by atoms with E-state index in [1.54, 1.807) is 59.0 Å². The molecule has 0 aliphatic heterocycles. The first-order chi connectivity index (χ1) is 44.2. The van der Waals surface area contributed by atoms with Crippen LogP contribution in [0.3, 0.4) is 0 Å². The van der Waals surface area contributed by atoms with Gasteiger partial charge in [0.05, 0.1) is 31.5 Å². The van der Waals surface area contributed by atoms with Gasteiger partial charge in [-0.05, 0) is 174 Å². The summed E-state index contributed by atoms with van der Waals surface area (Å²) >= 11 is 16.8. The van der Waals surface area contributed by atoms with E-state index >= 15 is 0 Å². The molecule has 8 aromatic carbocycles. The van der Waals surface area contributed by atoms with Crippen LogP contribution in [0.1, 0.15) is 22.3 Å². The molecule has 0 bridgehead atoms. The SMILES string of the molecule is COc1c(C)c(C)cc2sc(B(O)O)cc12.COc1cc2sc(-c3cnc4ccc(Cl)nn34)cc2c(C)c1C.Clc1ccc2ncc(I)n2n1.[Cl][Pd][Cl].c1ccc(P(c2ccccc2)c2ccccc2)cc1.c1ccc(P(c2ccccc2)c2ccccc2)cc1. The molecule has 0 atom stereocenters. The number of imidazole rings is 2. The first kappa shape index (κ1) is 69.3. The predicted octanol–water partition coefficient (Wildman–Crippen LogP) is 16.3. The summed E-state index contributed by atoms with van der Waals surface area (Å²) in [7, 11) is 10.7. The molecule has 0 fully saturated rings. The summed E-state index contributed by atoms with van der Waals surface area (Å²) in [6.07, 6.45) is 3.59. The normalized spacial score (nSPS) is 10.8. The van der Waals surface area contributed by atoms with Gasteiger partial charge in [-0.1, -0.05) is 205 Å². The third-order valence-electron chi connectivity index (χ3n) is 14.3. The molecule has 0 saturated heterocycles. The van der Waals surface area contributed by atoms with Crippen molar-refractivity contribution in [2.45, 2.75) is 27.7 Å². The van der Waals surface area contributed by atoms with E-state index in [1.807, 2.05) is 38.2 Å². The molecule has 21 heteroatoms. The van der Waals surface area contributed by atoms with Gasteiger partial charge >= 0.3 is 42.1 Å². The Bertz CT molecular complexity index is 4300. The van der Waals surface area contributed by atoms with E-state index in [0.29, 0.717) is 15.1 Å². The molecule has 0 aliphatic rings. The summed E-state index contributed by atoms with van der Waals surface area (Å²) in [6, 6.07) is 79.9. The van der Waals surface area contributed by atoms with Crippen molar-refractivity contribution in [1.29, 1.82) is 0 Å². The van der Waals surface area contributed by atoms with E-state index < -0.39 is 23.0 Å². The number of nitrogens with zero attached hydrogens (tertiary/aromatic N) is 6. The second-order valence-corrected chi connectivity index (χ2v) is 30.8. The van der Waals surface area contributed by atoms with Crippen LogP contribution in [0.15, 0.2) is 243 Å². The van der Waals surface area contributed by atoms with E-state index in [9.17, 15) is 0 Å². The molecule has 464 valence electrons. The van der Waals surface area contributed by atoms with Crippen molar-refractivity contribution in [3.8, 4) is 22.1 Å². The molecule has 14 rings (SSSR count). The molecule has 0 spiro atoms. The Hall–Kier alpha value is -6.08. The van der Waals surface area contributed by atoms with E-state index in [1.165, 1.54) is 64.4 Å². The Labute approximate surface area is 580 Å². The van der Waals surface area contributed by atoms with Crippen molar-refractivity contribution in [2.75, 3.05) is 14.2 Å². The average molecular weight is 1560 g/mol. The number of benzene rings is 8. The number of hydrogen-bond acceptors (Lipinski definition) is 10. The van der Waals surface area contributed by atoms with E-state index in [0.717, 1.165) is 58.3 Å². The van der Waals surface area contributed by atoms with Gasteiger partial charge in [0.2, 0.25) is 0 Å². The molecule has 0 unspecified atom stereocenters. The second-order valence-electron chi connectivity index (χ2n) is 19.9. The van der Waals surface area contributed by atoms with Gasteiger partial charge in [0.15, 0.2) is 11.3 Å². The van der Waals surface area contributed by atoms with Gasteiger partial charge in [0, 0.05) is 19.6 Å². The number of rotatable bonds is 10. The second kappa shape index (κ2) is 34.2. The maximum absolute atomic E-state index is 9.15. The van der Waals surface area contributed by atoms with Crippen LogP contribution in [-0.2, 0) is 15.9 Å². The van der Waals surface area contributed by atoms with Crippen LogP contribution < -0.4 is 46.1 Å². The molecule has 91 heavy (non-hydrogen) atoms. The Kier molecular flexibility index (Phi) is 26.0. The number of fused-ring (bicyclic) bond motifs is 4. The third kappa shape index (κ3) is 17.8. The summed E-state index contributed by atoms with van der Waals surface area (Å²) in [4.78, 5) is 9.61. The van der Waals surface area contributed by atoms with Crippen LogP contribution in [0.5, 0.6) is 11.5 Å². The molecule has 6 aromatic heterocycles. The summed E-state index contributed by atoms with van der Waals surface area (Å²) in [5.41, 5.74) is 7.19. The van der Waals surface area contributed by atoms with Crippen LogP contribution in [0.2, 0.25) is 10.3 Å². The number of ether oxygens (including phenoxy) is 2. The number of hydrogen-bond donors (Lipinski definition) is 2. The average Bonchev–Trinajstić information content (AvgIpc) is 1.66. The minimum absolute atomic E-state index is 0.106. The van der Waals surface area contributed by atoms with E-state index in [-0.39, 0.29) is 15.9 Å². The molecule has 2 N–H and O–H groups in total. The topological polar surface area (TPSA) is 119 Å². The van der Waals surface area contributed by atoms with Gasteiger partial charge in [0.25, 0.3) is 0 Å². The van der Waals surface area contributed by atoms with Crippen molar-refractivity contribution in [3.63, 3.8) is 0 Å². The molecule has 10 nitrogen and oxygen atoms in total. The molecule has 14 aromatic rings. The first-order valence-corrected chi connectivity index (χ1v) is 38.3. The van der Waals surface area contributed by atoms with Crippen molar-refractivity contribution < 1.29 is 35.5 Å². The largest absolute Gasteiger partial charge is 0.0622 e. The van der Waals surface area contributed by atoms with Crippen molar-refractivity contribution in [2.24, 2.45) is 0 Å². The maximum Gasteiger partial charge on any atom is -0.0134 e. The zero-order chi connectivity index (χ0) is 64.4. The Balaban J connectivity index is 0.000000135. The molecule has 0 amide bonds. The van der Waals surface area contributed by atoms with Crippen LogP contribution in [-0.4, -0.2) is 60.6 Å². The first-order valence-electron chi connectivity index (χ1n) is 28.1. The number of halogens is 5. The minimum atomic E-state index is -1.41. The van der Waals surface area contributed by atoms with Gasteiger partial charge in [0.1, 0.15) is 31.2 Å². The fourth-order valence-corrected chi connectivity index (χ4v) is 17.3. The molecular weight excluding hydrogens is 1500 g/mol. The minimum Gasteiger partial charge on any atom is -0.0622 e. The van der Waals surface area contributed by atoms with Crippen molar-refractivity contribution >= 4 is 179 Å². The van der Waals surface area contributed by atoms with Crippen molar-refractivity contribution in [1.82, 2.24) is 29.2 Å². The standard InChI is InChI=1S/2C18H15P.C17H14ClN3OS.C11H13BO3S.C6H3ClIN3.2ClH.Pd/c2*1-4-10-16(11-5-1)19(17-12-6-2-7-13-17)18-14-8-3-9-15-18;1-9-10(2)13(22-3)7-14-11(9)6-15(23-14)12-8-19-17-5-4-16(18)20-21(12)17;1-6-4-9-8(11(15-3)7(6)2)5-10(16-9)12(13)14;7-4-1-2-6-9-3-5(8)11(6)10-4;;;/h2*1-15H;4-8H,1-3H3;4-5,13-14H,1-3H3;1-3H;2*1H;/q;;;;;;;+2/p-2. The fraction of sp³-hybridized carbons (Fsp3) is 0.0857. The molecular formula is C70H60BCl4IN6O4P2PdS2. The quantitative estimate of drug-likeness (QED) is 0.0789. The monoisotopic (exact) mass is 1560 g/mol. The predicted molar refractivity (Wildman–Crippen MR) is 395 cm³/mol. The summed E-state index contributed by atoms with van der Waals surface area (Å²) in [5, 5.41) is 38.2. The van der Waals surface area contributed by atoms with Crippen LogP contribution in [0.25, 0.3) is 42.0 Å². The molecule has 0 aliphatic carbocycles. The van der Waals surface area contributed by atoms with Crippen LogP contribution >= 0.6 is 103 Å². The Morgan fingerprint density at radius 1 is 0.484 bits per heavy atom. The summed E-state index contributed by atoms with van der Waals surface area (Å²) < 4.78 is 18.0. The smallest absolute Gasteiger partial charge is 0.0134 e. The van der Waals surface area contributed by atoms with E-state index in [2.05, 4.69) is 251 Å².